The second kappa shape index (κ2) is 17.0. The third-order valence-corrected chi connectivity index (χ3v) is 6.19. The van der Waals surface area contributed by atoms with E-state index in [0.717, 1.165) is 5.19 Å². The molecule has 3 N–H and O–H groups in total. The van der Waals surface area contributed by atoms with Crippen molar-refractivity contribution >= 4 is 14.0 Å². The van der Waals surface area contributed by atoms with Crippen molar-refractivity contribution in [3.8, 4) is 0 Å². The second-order valence-corrected chi connectivity index (χ2v) is 8.03. The summed E-state index contributed by atoms with van der Waals surface area (Å²) >= 11 is 0. The van der Waals surface area contributed by atoms with Crippen LogP contribution in [0.3, 0.4) is 0 Å². The van der Waals surface area contributed by atoms with Gasteiger partial charge in [0.1, 0.15) is 0 Å². The van der Waals surface area contributed by atoms with Gasteiger partial charge in [-0.3, -0.25) is 0 Å². The summed E-state index contributed by atoms with van der Waals surface area (Å²) in [6, 6.07) is 9.40. The van der Waals surface area contributed by atoms with Crippen LogP contribution in [0.15, 0.2) is 30.3 Å². The summed E-state index contributed by atoms with van der Waals surface area (Å²) in [6.45, 7) is 2.09. The van der Waals surface area contributed by atoms with E-state index in [9.17, 15) is 0 Å². The van der Waals surface area contributed by atoms with E-state index in [-0.39, 0.29) is 79.3 Å². The van der Waals surface area contributed by atoms with Gasteiger partial charge in [-0.1, -0.05) is 30.3 Å². The molecule has 0 bridgehead atoms. The first-order chi connectivity index (χ1) is 13.8. The molecule has 1 aromatic rings. The fourth-order valence-electron chi connectivity index (χ4n) is 2.22. The number of rotatable bonds is 19. The van der Waals surface area contributed by atoms with Gasteiger partial charge in [0.2, 0.25) is 0 Å². The summed E-state index contributed by atoms with van der Waals surface area (Å²) < 4.78 is 33.9. The summed E-state index contributed by atoms with van der Waals surface area (Å²) in [4.78, 5) is 0. The van der Waals surface area contributed by atoms with Crippen molar-refractivity contribution in [2.75, 3.05) is 79.3 Å². The summed E-state index contributed by atoms with van der Waals surface area (Å²) in [7, 11) is -3.28. The van der Waals surface area contributed by atoms with E-state index in [4.69, 9.17) is 42.8 Å². The number of aliphatic hydroxyl groups is 3. The minimum Gasteiger partial charge on any atom is -0.394 e. The van der Waals surface area contributed by atoms with Crippen molar-refractivity contribution < 1.29 is 42.8 Å². The van der Waals surface area contributed by atoms with Gasteiger partial charge in [-0.25, -0.2) is 0 Å². The minimum absolute atomic E-state index is 0.0569. The molecule has 0 aliphatic carbocycles. The van der Waals surface area contributed by atoms with E-state index in [2.05, 4.69) is 0 Å². The van der Waals surface area contributed by atoms with Gasteiger partial charge >= 0.3 is 8.80 Å². The van der Waals surface area contributed by atoms with E-state index < -0.39 is 8.80 Å². The SMILES string of the molecule is OCCOCCO[Si](OCCOCCO)(OCCOCCO)c1ccccc1. The molecule has 10 heteroatoms. The van der Waals surface area contributed by atoms with Gasteiger partial charge < -0.3 is 42.8 Å². The highest BCUT2D eigenvalue weighted by Gasteiger charge is 2.44. The number of ether oxygens (including phenoxy) is 3. The number of benzene rings is 1. The molecule has 1 rings (SSSR count). The highest BCUT2D eigenvalue weighted by molar-refractivity contribution is 6.75. The molecule has 0 atom stereocenters. The average Bonchev–Trinajstić information content (AvgIpc) is 2.73. The first kappa shape index (κ1) is 25.1. The van der Waals surface area contributed by atoms with Crippen LogP contribution >= 0.6 is 0 Å². The molecule has 28 heavy (non-hydrogen) atoms. The van der Waals surface area contributed by atoms with Crippen LogP contribution in [0.25, 0.3) is 0 Å². The van der Waals surface area contributed by atoms with E-state index in [1.807, 2.05) is 30.3 Å². The zero-order chi connectivity index (χ0) is 20.3. The molecular weight excluding hydrogens is 388 g/mol. The molecule has 0 fully saturated rings. The Kier molecular flexibility index (Phi) is 15.2. The molecule has 0 aliphatic heterocycles. The van der Waals surface area contributed by atoms with Crippen LogP contribution in [0.5, 0.6) is 0 Å². The maximum absolute atomic E-state index is 8.81. The molecule has 0 aromatic heterocycles. The lowest BCUT2D eigenvalue weighted by molar-refractivity contribution is 0.000150. The summed E-state index contributed by atoms with van der Waals surface area (Å²) in [5.41, 5.74) is 0. The van der Waals surface area contributed by atoms with Crippen LogP contribution in [0.2, 0.25) is 0 Å². The van der Waals surface area contributed by atoms with Gasteiger partial charge in [0.05, 0.1) is 79.3 Å². The van der Waals surface area contributed by atoms with Gasteiger partial charge in [-0.2, -0.15) is 0 Å². The smallest absolute Gasteiger partial charge is 0.394 e. The fourth-order valence-corrected chi connectivity index (χ4v) is 4.63. The predicted octanol–water partition coefficient (Wildman–Crippen LogP) is -1.09. The Morgan fingerprint density at radius 3 is 1.29 bits per heavy atom. The third kappa shape index (κ3) is 10.6. The largest absolute Gasteiger partial charge is 0.537 e. The predicted molar refractivity (Wildman–Crippen MR) is 103 cm³/mol. The number of aliphatic hydroxyl groups excluding tert-OH is 3. The Labute approximate surface area is 167 Å². The van der Waals surface area contributed by atoms with E-state index in [1.165, 1.54) is 0 Å². The fraction of sp³-hybridized carbons (Fsp3) is 0.667. The van der Waals surface area contributed by atoms with Crippen molar-refractivity contribution in [1.29, 1.82) is 0 Å². The normalized spacial score (nSPS) is 11.8. The Balaban J connectivity index is 2.76. The number of hydrogen-bond donors (Lipinski definition) is 3. The van der Waals surface area contributed by atoms with Gasteiger partial charge in [0, 0.05) is 5.19 Å². The molecule has 0 spiro atoms. The van der Waals surface area contributed by atoms with Crippen LogP contribution in [0.1, 0.15) is 0 Å². The summed E-state index contributed by atoms with van der Waals surface area (Å²) in [5, 5.41) is 27.2. The Bertz CT molecular complexity index is 428. The lowest BCUT2D eigenvalue weighted by atomic mass is 10.4. The lowest BCUT2D eigenvalue weighted by Crippen LogP contribution is -2.58. The third-order valence-electron chi connectivity index (χ3n) is 3.39. The molecule has 0 unspecified atom stereocenters. The average molecular weight is 421 g/mol. The van der Waals surface area contributed by atoms with Crippen molar-refractivity contribution in [2.24, 2.45) is 0 Å². The maximum atomic E-state index is 8.81. The zero-order valence-electron chi connectivity index (χ0n) is 16.2. The van der Waals surface area contributed by atoms with Gasteiger partial charge in [-0.15, -0.1) is 0 Å². The molecule has 0 heterocycles. The topological polar surface area (TPSA) is 116 Å². The molecule has 0 saturated carbocycles. The Hall–Kier alpha value is -0.923. The molecule has 0 radical (unpaired) electrons. The monoisotopic (exact) mass is 420 g/mol. The molecular formula is C18H32O9Si. The molecule has 9 nitrogen and oxygen atoms in total. The minimum atomic E-state index is -3.28. The molecule has 0 saturated heterocycles. The van der Waals surface area contributed by atoms with Crippen molar-refractivity contribution in [3.63, 3.8) is 0 Å². The molecule has 0 aliphatic rings. The van der Waals surface area contributed by atoms with E-state index in [0.29, 0.717) is 0 Å². The summed E-state index contributed by atoms with van der Waals surface area (Å²) in [5.74, 6) is 0. The van der Waals surface area contributed by atoms with Crippen LogP contribution in [-0.2, 0) is 27.5 Å². The van der Waals surface area contributed by atoms with Gasteiger partial charge in [0.25, 0.3) is 0 Å². The first-order valence-electron chi connectivity index (χ1n) is 9.32. The molecule has 162 valence electrons. The van der Waals surface area contributed by atoms with Gasteiger partial charge in [0.15, 0.2) is 0 Å². The van der Waals surface area contributed by atoms with Crippen LogP contribution < -0.4 is 5.19 Å². The zero-order valence-corrected chi connectivity index (χ0v) is 17.2. The van der Waals surface area contributed by atoms with Crippen molar-refractivity contribution in [1.82, 2.24) is 0 Å². The van der Waals surface area contributed by atoms with E-state index in [1.54, 1.807) is 0 Å². The van der Waals surface area contributed by atoms with Crippen molar-refractivity contribution in [3.05, 3.63) is 30.3 Å². The molecule has 0 amide bonds. The highest BCUT2D eigenvalue weighted by Crippen LogP contribution is 2.11. The molecule has 1 aromatic carbocycles. The standard InChI is InChI=1S/C18H32O9Si/c19-6-9-22-12-15-25-28(18-4-2-1-3-5-18,26-16-13-23-10-7-20)27-17-14-24-11-8-21/h1-5,19-21H,6-17H2. The Morgan fingerprint density at radius 2 is 0.929 bits per heavy atom. The Morgan fingerprint density at radius 1 is 0.536 bits per heavy atom. The van der Waals surface area contributed by atoms with Crippen LogP contribution in [0, 0.1) is 0 Å². The second-order valence-electron chi connectivity index (χ2n) is 5.48. The lowest BCUT2D eigenvalue weighted by Gasteiger charge is -2.30. The quantitative estimate of drug-likeness (QED) is 0.190. The van der Waals surface area contributed by atoms with Crippen LogP contribution in [-0.4, -0.2) is 103 Å². The summed E-state index contributed by atoms with van der Waals surface area (Å²) in [6.07, 6.45) is 0. The first-order valence-corrected chi connectivity index (χ1v) is 11.0. The van der Waals surface area contributed by atoms with Gasteiger partial charge in [-0.05, 0) is 0 Å². The number of hydrogen-bond acceptors (Lipinski definition) is 9. The highest BCUT2D eigenvalue weighted by atomic mass is 28.4. The maximum Gasteiger partial charge on any atom is 0.537 e. The van der Waals surface area contributed by atoms with Crippen molar-refractivity contribution in [2.45, 2.75) is 0 Å². The van der Waals surface area contributed by atoms with E-state index >= 15 is 0 Å². The van der Waals surface area contributed by atoms with Crippen LogP contribution in [0.4, 0.5) is 0 Å².